The van der Waals surface area contributed by atoms with Crippen LogP contribution >= 0.6 is 0 Å². The molecule has 0 bridgehead atoms. The highest BCUT2D eigenvalue weighted by atomic mass is 16.5. The number of nitrogen functional groups attached to an aromatic ring is 1. The van der Waals surface area contributed by atoms with Crippen LogP contribution in [0.3, 0.4) is 0 Å². The van der Waals surface area contributed by atoms with E-state index in [0.29, 0.717) is 5.56 Å². The normalized spacial score (nSPS) is 9.75. The fourth-order valence-corrected chi connectivity index (χ4v) is 1.12. The van der Waals surface area contributed by atoms with Crippen LogP contribution in [0.1, 0.15) is 10.4 Å². The van der Waals surface area contributed by atoms with Gasteiger partial charge in [-0.05, 0) is 12.1 Å². The van der Waals surface area contributed by atoms with Crippen molar-refractivity contribution in [2.45, 2.75) is 0 Å². The predicted octanol–water partition coefficient (Wildman–Crippen LogP) is 1.28. The Morgan fingerprint density at radius 2 is 1.75 bits per heavy atom. The van der Waals surface area contributed by atoms with Gasteiger partial charge in [-0.3, -0.25) is 0 Å². The highest BCUT2D eigenvalue weighted by Crippen LogP contribution is 2.10. The van der Waals surface area contributed by atoms with E-state index >= 15 is 0 Å². The minimum Gasteiger partial charge on any atom is -0.420 e. The molecule has 0 atom stereocenters. The molecule has 0 spiro atoms. The molecule has 0 unspecified atom stereocenters. The van der Waals surface area contributed by atoms with E-state index in [1.54, 1.807) is 24.3 Å². The number of anilines is 1. The maximum absolute atomic E-state index is 11.6. The van der Waals surface area contributed by atoms with Crippen LogP contribution in [-0.4, -0.2) is 15.9 Å². The molecule has 1 heterocycles. The van der Waals surface area contributed by atoms with E-state index in [-0.39, 0.29) is 11.7 Å². The number of carbonyl (C=O) groups is 1. The van der Waals surface area contributed by atoms with Gasteiger partial charge >= 0.3 is 5.97 Å². The maximum Gasteiger partial charge on any atom is 0.343 e. The summed E-state index contributed by atoms with van der Waals surface area (Å²) in [4.78, 5) is 19.0. The fourth-order valence-electron chi connectivity index (χ4n) is 1.12. The van der Waals surface area contributed by atoms with E-state index in [1.807, 2.05) is 6.07 Å². The van der Waals surface area contributed by atoms with Crippen LogP contribution < -0.4 is 10.5 Å². The first-order valence-electron chi connectivity index (χ1n) is 4.60. The van der Waals surface area contributed by atoms with Crippen LogP contribution in [-0.2, 0) is 0 Å². The minimum absolute atomic E-state index is 0.138. The summed E-state index contributed by atoms with van der Waals surface area (Å²) in [6.45, 7) is 0. The number of benzene rings is 1. The van der Waals surface area contributed by atoms with Gasteiger partial charge in [-0.15, -0.1) is 0 Å². The molecule has 16 heavy (non-hydrogen) atoms. The molecule has 0 fully saturated rings. The third kappa shape index (κ3) is 2.33. The van der Waals surface area contributed by atoms with Gasteiger partial charge in [0.1, 0.15) is 0 Å². The molecule has 2 rings (SSSR count). The lowest BCUT2D eigenvalue weighted by Gasteiger charge is -2.02. The minimum atomic E-state index is -0.450. The van der Waals surface area contributed by atoms with Crippen LogP contribution in [0.25, 0.3) is 0 Å². The Balaban J connectivity index is 2.11. The number of esters is 1. The third-order valence-corrected chi connectivity index (χ3v) is 1.87. The van der Waals surface area contributed by atoms with Gasteiger partial charge in [0.05, 0.1) is 18.0 Å². The Labute approximate surface area is 91.9 Å². The second-order valence-electron chi connectivity index (χ2n) is 3.03. The summed E-state index contributed by atoms with van der Waals surface area (Å²) in [7, 11) is 0. The van der Waals surface area contributed by atoms with Crippen molar-refractivity contribution in [2.75, 3.05) is 5.73 Å². The second kappa shape index (κ2) is 4.39. The Kier molecular flexibility index (Phi) is 2.77. The highest BCUT2D eigenvalue weighted by Gasteiger charge is 2.07. The van der Waals surface area contributed by atoms with E-state index in [2.05, 4.69) is 9.97 Å². The molecule has 0 amide bonds. The summed E-state index contributed by atoms with van der Waals surface area (Å²) in [5.74, 6) is -0.0449. The molecule has 0 aliphatic heterocycles. The van der Waals surface area contributed by atoms with Gasteiger partial charge in [0.2, 0.25) is 5.95 Å². The maximum atomic E-state index is 11.6. The van der Waals surface area contributed by atoms with Crippen LogP contribution in [0.5, 0.6) is 5.75 Å². The van der Waals surface area contributed by atoms with E-state index in [9.17, 15) is 4.79 Å². The molecule has 0 aliphatic rings. The van der Waals surface area contributed by atoms with Crippen LogP contribution in [0.4, 0.5) is 5.95 Å². The van der Waals surface area contributed by atoms with Crippen molar-refractivity contribution in [1.82, 2.24) is 9.97 Å². The Morgan fingerprint density at radius 1 is 1.12 bits per heavy atom. The molecule has 0 saturated carbocycles. The molecule has 1 aromatic carbocycles. The van der Waals surface area contributed by atoms with Gasteiger partial charge < -0.3 is 10.5 Å². The summed E-state index contributed by atoms with van der Waals surface area (Å²) in [6, 6.07) is 8.68. The van der Waals surface area contributed by atoms with Gasteiger partial charge in [-0.25, -0.2) is 14.8 Å². The van der Waals surface area contributed by atoms with Gasteiger partial charge in [0.25, 0.3) is 0 Å². The zero-order valence-electron chi connectivity index (χ0n) is 8.33. The third-order valence-electron chi connectivity index (χ3n) is 1.87. The summed E-state index contributed by atoms with van der Waals surface area (Å²) >= 11 is 0. The standard InChI is InChI=1S/C11H9N3O2/c12-11-13-6-9(7-14-11)16-10(15)8-4-2-1-3-5-8/h1-7H,(H2,12,13,14). The molecular formula is C11H9N3O2. The van der Waals surface area contributed by atoms with Gasteiger partial charge in [0, 0.05) is 0 Å². The first-order chi connectivity index (χ1) is 7.75. The van der Waals surface area contributed by atoms with E-state index in [0.717, 1.165) is 0 Å². The Morgan fingerprint density at radius 3 is 2.38 bits per heavy atom. The van der Waals surface area contributed by atoms with E-state index in [4.69, 9.17) is 10.5 Å². The van der Waals surface area contributed by atoms with Crippen LogP contribution in [0, 0.1) is 0 Å². The van der Waals surface area contributed by atoms with Gasteiger partial charge in [-0.2, -0.15) is 0 Å². The number of ether oxygens (including phenoxy) is 1. The largest absolute Gasteiger partial charge is 0.420 e. The number of hydrogen-bond donors (Lipinski definition) is 1. The molecule has 0 aliphatic carbocycles. The highest BCUT2D eigenvalue weighted by molar-refractivity contribution is 5.90. The topological polar surface area (TPSA) is 78.1 Å². The fraction of sp³-hybridized carbons (Fsp3) is 0. The van der Waals surface area contributed by atoms with E-state index < -0.39 is 5.97 Å². The molecular weight excluding hydrogens is 206 g/mol. The van der Waals surface area contributed by atoms with Gasteiger partial charge in [-0.1, -0.05) is 18.2 Å². The Hall–Kier alpha value is -2.43. The quantitative estimate of drug-likeness (QED) is 0.763. The smallest absolute Gasteiger partial charge is 0.343 e. The van der Waals surface area contributed by atoms with Crippen molar-refractivity contribution < 1.29 is 9.53 Å². The number of nitrogens with zero attached hydrogens (tertiary/aromatic N) is 2. The van der Waals surface area contributed by atoms with Crippen molar-refractivity contribution in [3.8, 4) is 5.75 Å². The first-order valence-corrected chi connectivity index (χ1v) is 4.60. The average Bonchev–Trinajstić information content (AvgIpc) is 2.33. The average molecular weight is 215 g/mol. The molecule has 5 nitrogen and oxygen atoms in total. The second-order valence-corrected chi connectivity index (χ2v) is 3.03. The summed E-state index contributed by atoms with van der Waals surface area (Å²) in [6.07, 6.45) is 2.70. The predicted molar refractivity (Wildman–Crippen MR) is 57.8 cm³/mol. The zero-order chi connectivity index (χ0) is 11.4. The van der Waals surface area contributed by atoms with Crippen molar-refractivity contribution in [3.63, 3.8) is 0 Å². The first kappa shape index (κ1) is 10.1. The summed E-state index contributed by atoms with van der Waals surface area (Å²) in [5.41, 5.74) is 5.78. The zero-order valence-corrected chi connectivity index (χ0v) is 8.33. The number of rotatable bonds is 2. The number of carbonyl (C=O) groups excluding carboxylic acids is 1. The molecule has 2 N–H and O–H groups in total. The SMILES string of the molecule is Nc1ncc(OC(=O)c2ccccc2)cn1. The monoisotopic (exact) mass is 215 g/mol. The summed E-state index contributed by atoms with van der Waals surface area (Å²) < 4.78 is 5.04. The lowest BCUT2D eigenvalue weighted by Crippen LogP contribution is -2.08. The molecule has 80 valence electrons. The lowest BCUT2D eigenvalue weighted by atomic mass is 10.2. The molecule has 0 radical (unpaired) electrons. The number of nitrogens with two attached hydrogens (primary N) is 1. The van der Waals surface area contributed by atoms with Crippen LogP contribution in [0.2, 0.25) is 0 Å². The summed E-state index contributed by atoms with van der Waals surface area (Å²) in [5, 5.41) is 0. The lowest BCUT2D eigenvalue weighted by molar-refractivity contribution is 0.0733. The molecule has 0 saturated heterocycles. The molecule has 1 aromatic heterocycles. The van der Waals surface area contributed by atoms with Crippen molar-refractivity contribution >= 4 is 11.9 Å². The number of hydrogen-bond acceptors (Lipinski definition) is 5. The Bertz CT molecular complexity index is 482. The van der Waals surface area contributed by atoms with Crippen molar-refractivity contribution in [1.29, 1.82) is 0 Å². The van der Waals surface area contributed by atoms with Crippen molar-refractivity contribution in [3.05, 3.63) is 48.3 Å². The van der Waals surface area contributed by atoms with Gasteiger partial charge in [0.15, 0.2) is 5.75 Å². The molecule has 2 aromatic rings. The molecule has 5 heteroatoms. The van der Waals surface area contributed by atoms with Crippen LogP contribution in [0.15, 0.2) is 42.7 Å². The van der Waals surface area contributed by atoms with E-state index in [1.165, 1.54) is 12.4 Å². The number of aromatic nitrogens is 2. The van der Waals surface area contributed by atoms with Crippen molar-refractivity contribution in [2.24, 2.45) is 0 Å².